The third kappa shape index (κ3) is 2.21. The van der Waals surface area contributed by atoms with Crippen LogP contribution in [0.5, 0.6) is 0 Å². The molecule has 0 aliphatic heterocycles. The number of rotatable bonds is 4. The molecule has 1 heterocycles. The standard InChI is InChI=1S/C11H16ClN3O/c1-3-15-10(16)9(12)8(6-14-15)13-7-11(2)4-5-11/h6,13H,3-5,7H2,1-2H3. The number of aryl methyl sites for hydroxylation is 1. The van der Waals surface area contributed by atoms with E-state index in [1.165, 1.54) is 17.5 Å². The van der Waals surface area contributed by atoms with Crippen molar-refractivity contribution in [3.05, 3.63) is 21.6 Å². The molecule has 1 aliphatic carbocycles. The summed E-state index contributed by atoms with van der Waals surface area (Å²) < 4.78 is 1.35. The predicted molar refractivity (Wildman–Crippen MR) is 65.0 cm³/mol. The van der Waals surface area contributed by atoms with Crippen molar-refractivity contribution in [3.63, 3.8) is 0 Å². The minimum Gasteiger partial charge on any atom is -0.382 e. The van der Waals surface area contributed by atoms with E-state index < -0.39 is 0 Å². The van der Waals surface area contributed by atoms with E-state index >= 15 is 0 Å². The number of hydrogen-bond acceptors (Lipinski definition) is 3. The summed E-state index contributed by atoms with van der Waals surface area (Å²) in [5, 5.41) is 7.47. The quantitative estimate of drug-likeness (QED) is 0.879. The van der Waals surface area contributed by atoms with Crippen molar-refractivity contribution in [2.24, 2.45) is 5.41 Å². The maximum absolute atomic E-state index is 11.7. The first-order valence-corrected chi connectivity index (χ1v) is 5.93. The molecule has 1 fully saturated rings. The van der Waals surface area contributed by atoms with Crippen LogP contribution in [0.1, 0.15) is 26.7 Å². The summed E-state index contributed by atoms with van der Waals surface area (Å²) >= 11 is 5.99. The molecule has 88 valence electrons. The molecule has 0 radical (unpaired) electrons. The van der Waals surface area contributed by atoms with Crippen LogP contribution in [0.2, 0.25) is 5.02 Å². The molecule has 5 heteroatoms. The Balaban J connectivity index is 2.15. The molecule has 1 aromatic rings. The molecule has 1 saturated carbocycles. The van der Waals surface area contributed by atoms with Crippen LogP contribution in [-0.2, 0) is 6.54 Å². The van der Waals surface area contributed by atoms with Gasteiger partial charge in [0.1, 0.15) is 5.02 Å². The monoisotopic (exact) mass is 241 g/mol. The van der Waals surface area contributed by atoms with Crippen molar-refractivity contribution in [2.75, 3.05) is 11.9 Å². The molecule has 0 spiro atoms. The average molecular weight is 242 g/mol. The molecule has 0 amide bonds. The number of nitrogens with one attached hydrogen (secondary N) is 1. The highest BCUT2D eigenvalue weighted by Crippen LogP contribution is 2.44. The zero-order chi connectivity index (χ0) is 11.8. The Kier molecular flexibility index (Phi) is 2.93. The number of anilines is 1. The summed E-state index contributed by atoms with van der Waals surface area (Å²) in [4.78, 5) is 11.7. The van der Waals surface area contributed by atoms with Gasteiger partial charge in [-0.25, -0.2) is 4.68 Å². The Bertz CT molecular complexity index is 451. The summed E-state index contributed by atoms with van der Waals surface area (Å²) in [6, 6.07) is 0. The Labute approximate surface area is 99.6 Å². The Morgan fingerprint density at radius 3 is 2.88 bits per heavy atom. The van der Waals surface area contributed by atoms with Crippen LogP contribution >= 0.6 is 11.6 Å². The third-order valence-electron chi connectivity index (χ3n) is 3.09. The van der Waals surface area contributed by atoms with Crippen LogP contribution in [0.15, 0.2) is 11.0 Å². The molecule has 16 heavy (non-hydrogen) atoms. The van der Waals surface area contributed by atoms with Gasteiger partial charge in [0.25, 0.3) is 5.56 Å². The van der Waals surface area contributed by atoms with Gasteiger partial charge in [0.15, 0.2) is 0 Å². The smallest absolute Gasteiger partial charge is 0.287 e. The molecule has 4 nitrogen and oxygen atoms in total. The highest BCUT2D eigenvalue weighted by atomic mass is 35.5. The number of hydrogen-bond donors (Lipinski definition) is 1. The van der Waals surface area contributed by atoms with Gasteiger partial charge in [-0.15, -0.1) is 0 Å². The lowest BCUT2D eigenvalue weighted by atomic mass is 10.1. The molecule has 1 aliphatic rings. The largest absolute Gasteiger partial charge is 0.382 e. The van der Waals surface area contributed by atoms with E-state index in [4.69, 9.17) is 11.6 Å². The Morgan fingerprint density at radius 2 is 2.31 bits per heavy atom. The Hall–Kier alpha value is -1.03. The van der Waals surface area contributed by atoms with Crippen molar-refractivity contribution in [2.45, 2.75) is 33.2 Å². The normalized spacial score (nSPS) is 17.2. The van der Waals surface area contributed by atoms with Gasteiger partial charge >= 0.3 is 0 Å². The zero-order valence-corrected chi connectivity index (χ0v) is 10.3. The Morgan fingerprint density at radius 1 is 1.62 bits per heavy atom. The van der Waals surface area contributed by atoms with Gasteiger partial charge in [0.05, 0.1) is 11.9 Å². The average Bonchev–Trinajstić information content (AvgIpc) is 2.99. The van der Waals surface area contributed by atoms with Gasteiger partial charge in [-0.1, -0.05) is 18.5 Å². The van der Waals surface area contributed by atoms with Gasteiger partial charge < -0.3 is 5.32 Å². The maximum Gasteiger partial charge on any atom is 0.287 e. The van der Waals surface area contributed by atoms with Crippen molar-refractivity contribution in [1.82, 2.24) is 9.78 Å². The SMILES string of the molecule is CCn1ncc(NCC2(C)CC2)c(Cl)c1=O. The van der Waals surface area contributed by atoms with Crippen LogP contribution in [0, 0.1) is 5.41 Å². The topological polar surface area (TPSA) is 46.9 Å². The summed E-state index contributed by atoms with van der Waals surface area (Å²) in [6.45, 7) is 5.47. The zero-order valence-electron chi connectivity index (χ0n) is 9.59. The van der Waals surface area contributed by atoms with Crippen molar-refractivity contribution in [1.29, 1.82) is 0 Å². The molecule has 1 N–H and O–H groups in total. The van der Waals surface area contributed by atoms with E-state index in [1.807, 2.05) is 6.92 Å². The highest BCUT2D eigenvalue weighted by molar-refractivity contribution is 6.32. The maximum atomic E-state index is 11.7. The number of halogens is 1. The van der Waals surface area contributed by atoms with Gasteiger partial charge in [0, 0.05) is 13.1 Å². The van der Waals surface area contributed by atoms with Crippen molar-refractivity contribution >= 4 is 17.3 Å². The third-order valence-corrected chi connectivity index (χ3v) is 3.46. The van der Waals surface area contributed by atoms with Crippen LogP contribution in [0.25, 0.3) is 0 Å². The van der Waals surface area contributed by atoms with Crippen LogP contribution in [-0.4, -0.2) is 16.3 Å². The van der Waals surface area contributed by atoms with Gasteiger partial charge in [-0.2, -0.15) is 5.10 Å². The molecule has 0 unspecified atom stereocenters. The van der Waals surface area contributed by atoms with E-state index in [9.17, 15) is 4.79 Å². The summed E-state index contributed by atoms with van der Waals surface area (Å²) in [5.74, 6) is 0. The van der Waals surface area contributed by atoms with Gasteiger partial charge in [-0.3, -0.25) is 4.79 Å². The number of nitrogens with zero attached hydrogens (tertiary/aromatic N) is 2. The first-order valence-electron chi connectivity index (χ1n) is 5.55. The molecule has 0 saturated heterocycles. The fourth-order valence-corrected chi connectivity index (χ4v) is 1.73. The fraction of sp³-hybridized carbons (Fsp3) is 0.636. The summed E-state index contributed by atoms with van der Waals surface area (Å²) in [6.07, 6.45) is 4.09. The second-order valence-corrected chi connectivity index (χ2v) is 5.04. The molecule has 0 aromatic carbocycles. The van der Waals surface area contributed by atoms with E-state index in [0.717, 1.165) is 6.54 Å². The lowest BCUT2D eigenvalue weighted by Crippen LogP contribution is -2.24. The van der Waals surface area contributed by atoms with E-state index in [0.29, 0.717) is 17.6 Å². The number of aromatic nitrogens is 2. The first-order chi connectivity index (χ1) is 7.56. The minimum absolute atomic E-state index is 0.227. The second-order valence-electron chi connectivity index (χ2n) is 4.66. The van der Waals surface area contributed by atoms with Gasteiger partial charge in [-0.05, 0) is 25.2 Å². The summed E-state index contributed by atoms with van der Waals surface area (Å²) in [7, 11) is 0. The molecular weight excluding hydrogens is 226 g/mol. The van der Waals surface area contributed by atoms with Gasteiger partial charge in [0.2, 0.25) is 0 Å². The van der Waals surface area contributed by atoms with E-state index in [-0.39, 0.29) is 10.6 Å². The highest BCUT2D eigenvalue weighted by Gasteiger charge is 2.36. The van der Waals surface area contributed by atoms with Crippen molar-refractivity contribution < 1.29 is 0 Å². The van der Waals surface area contributed by atoms with Crippen LogP contribution in [0.4, 0.5) is 5.69 Å². The minimum atomic E-state index is -0.227. The van der Waals surface area contributed by atoms with E-state index in [2.05, 4.69) is 17.3 Å². The lowest BCUT2D eigenvalue weighted by Gasteiger charge is -2.12. The first kappa shape index (κ1) is 11.5. The molecule has 1 aromatic heterocycles. The summed E-state index contributed by atoms with van der Waals surface area (Å²) in [5.41, 5.74) is 0.794. The van der Waals surface area contributed by atoms with Crippen LogP contribution < -0.4 is 10.9 Å². The predicted octanol–water partition coefficient (Wildman–Crippen LogP) is 2.13. The van der Waals surface area contributed by atoms with Crippen molar-refractivity contribution in [3.8, 4) is 0 Å². The fourth-order valence-electron chi connectivity index (χ4n) is 1.51. The molecule has 0 bridgehead atoms. The second kappa shape index (κ2) is 4.09. The molecule has 2 rings (SSSR count). The molecular formula is C11H16ClN3O. The van der Waals surface area contributed by atoms with E-state index in [1.54, 1.807) is 6.20 Å². The lowest BCUT2D eigenvalue weighted by molar-refractivity contribution is 0.602. The molecule has 0 atom stereocenters. The van der Waals surface area contributed by atoms with Crippen LogP contribution in [0.3, 0.4) is 0 Å².